The number of hydrogen-bond donors (Lipinski definition) is 0. The van der Waals surface area contributed by atoms with E-state index in [9.17, 15) is 4.39 Å². The van der Waals surface area contributed by atoms with Crippen LogP contribution in [-0.2, 0) is 12.3 Å². The fraction of sp³-hybridized carbons (Fsp3) is 0.400. The molecule has 0 heterocycles. The fourth-order valence-corrected chi connectivity index (χ4v) is 1.62. The lowest BCUT2D eigenvalue weighted by Crippen LogP contribution is -1.91. The van der Waals surface area contributed by atoms with Crippen LogP contribution >= 0.6 is 27.5 Å². The maximum atomic E-state index is 13.2. The summed E-state index contributed by atoms with van der Waals surface area (Å²) in [7, 11) is 0. The van der Waals surface area contributed by atoms with Crippen LogP contribution in [0.1, 0.15) is 17.5 Å². The van der Waals surface area contributed by atoms with Crippen LogP contribution in [-0.4, -0.2) is 5.33 Å². The molecule has 0 aromatic heterocycles. The van der Waals surface area contributed by atoms with Crippen LogP contribution in [0.5, 0.6) is 0 Å². The van der Waals surface area contributed by atoms with Gasteiger partial charge in [0.15, 0.2) is 0 Å². The number of alkyl halides is 2. The second-order valence-electron chi connectivity index (χ2n) is 2.85. The highest BCUT2D eigenvalue weighted by Crippen LogP contribution is 2.14. The Bertz CT molecular complexity index is 276. The van der Waals surface area contributed by atoms with E-state index in [4.69, 9.17) is 11.6 Å². The zero-order valence-corrected chi connectivity index (χ0v) is 9.54. The smallest absolute Gasteiger partial charge is 0.127 e. The van der Waals surface area contributed by atoms with Crippen molar-refractivity contribution in [1.29, 1.82) is 0 Å². The molecule has 0 saturated carbocycles. The molecule has 0 aliphatic carbocycles. The second-order valence-corrected chi connectivity index (χ2v) is 3.91. The summed E-state index contributed by atoms with van der Waals surface area (Å²) < 4.78 is 13.2. The minimum absolute atomic E-state index is 0.193. The Labute approximate surface area is 91.2 Å². The van der Waals surface area contributed by atoms with Gasteiger partial charge in [0.25, 0.3) is 0 Å². The SMILES string of the molecule is Fc1cc(CCCBr)ccc1CCl. The van der Waals surface area contributed by atoms with Crippen LogP contribution in [0.15, 0.2) is 18.2 Å². The largest absolute Gasteiger partial charge is 0.207 e. The third kappa shape index (κ3) is 3.28. The van der Waals surface area contributed by atoms with Crippen molar-refractivity contribution in [3.05, 3.63) is 35.1 Å². The average molecular weight is 266 g/mol. The molecule has 0 amide bonds. The van der Waals surface area contributed by atoms with E-state index >= 15 is 0 Å². The molecule has 0 aliphatic rings. The van der Waals surface area contributed by atoms with Gasteiger partial charge in [-0.15, -0.1) is 11.6 Å². The average Bonchev–Trinajstić information content (AvgIpc) is 2.15. The van der Waals surface area contributed by atoms with Crippen molar-refractivity contribution in [2.24, 2.45) is 0 Å². The molecule has 0 spiro atoms. The standard InChI is InChI=1S/C10H11BrClF/c11-5-1-2-8-3-4-9(7-12)10(13)6-8/h3-4,6H,1-2,5,7H2. The lowest BCUT2D eigenvalue weighted by Gasteiger charge is -2.02. The summed E-state index contributed by atoms with van der Waals surface area (Å²) in [6.45, 7) is 0. The van der Waals surface area contributed by atoms with Gasteiger partial charge in [-0.05, 0) is 24.5 Å². The quantitative estimate of drug-likeness (QED) is 0.725. The zero-order chi connectivity index (χ0) is 9.68. The third-order valence-electron chi connectivity index (χ3n) is 1.86. The van der Waals surface area contributed by atoms with Gasteiger partial charge in [-0.1, -0.05) is 28.1 Å². The predicted octanol–water partition coefficient (Wildman–Crippen LogP) is 3.89. The summed E-state index contributed by atoms with van der Waals surface area (Å²) in [5.41, 5.74) is 1.61. The number of halogens is 3. The van der Waals surface area contributed by atoms with Crippen LogP contribution < -0.4 is 0 Å². The molecule has 0 atom stereocenters. The van der Waals surface area contributed by atoms with Gasteiger partial charge in [0.2, 0.25) is 0 Å². The number of hydrogen-bond acceptors (Lipinski definition) is 0. The Balaban J connectivity index is 2.71. The highest BCUT2D eigenvalue weighted by Gasteiger charge is 2.01. The number of aryl methyl sites for hydroxylation is 1. The summed E-state index contributed by atoms with van der Waals surface area (Å²) in [6, 6.07) is 5.26. The molecule has 0 fully saturated rings. The Kier molecular flexibility index (Phi) is 4.74. The molecule has 0 unspecified atom stereocenters. The van der Waals surface area contributed by atoms with Crippen molar-refractivity contribution >= 4 is 27.5 Å². The molecule has 1 rings (SSSR count). The molecule has 0 radical (unpaired) electrons. The van der Waals surface area contributed by atoms with E-state index in [2.05, 4.69) is 15.9 Å². The summed E-state index contributed by atoms with van der Waals surface area (Å²) in [6.07, 6.45) is 1.93. The molecule has 0 bridgehead atoms. The highest BCUT2D eigenvalue weighted by molar-refractivity contribution is 9.09. The Morgan fingerprint density at radius 3 is 2.69 bits per heavy atom. The Morgan fingerprint density at radius 1 is 1.38 bits per heavy atom. The summed E-state index contributed by atoms with van der Waals surface area (Å²) in [5.74, 6) is 0.0481. The van der Waals surface area contributed by atoms with E-state index in [1.54, 1.807) is 12.1 Å². The normalized spacial score (nSPS) is 10.4. The van der Waals surface area contributed by atoms with E-state index in [0.717, 1.165) is 23.7 Å². The van der Waals surface area contributed by atoms with Crippen molar-refractivity contribution in [1.82, 2.24) is 0 Å². The molecule has 0 aliphatic heterocycles. The highest BCUT2D eigenvalue weighted by atomic mass is 79.9. The van der Waals surface area contributed by atoms with Crippen molar-refractivity contribution in [2.45, 2.75) is 18.7 Å². The minimum atomic E-state index is -0.193. The van der Waals surface area contributed by atoms with Crippen molar-refractivity contribution < 1.29 is 4.39 Å². The van der Waals surface area contributed by atoms with Crippen molar-refractivity contribution in [3.8, 4) is 0 Å². The van der Waals surface area contributed by atoms with Crippen molar-refractivity contribution in [2.75, 3.05) is 5.33 Å². The van der Waals surface area contributed by atoms with Crippen LogP contribution in [0.2, 0.25) is 0 Å². The van der Waals surface area contributed by atoms with Crippen LogP contribution in [0.3, 0.4) is 0 Å². The monoisotopic (exact) mass is 264 g/mol. The van der Waals surface area contributed by atoms with Gasteiger partial charge < -0.3 is 0 Å². The lowest BCUT2D eigenvalue weighted by atomic mass is 10.1. The second kappa shape index (κ2) is 5.61. The minimum Gasteiger partial charge on any atom is -0.207 e. The first kappa shape index (κ1) is 11.0. The first-order valence-electron chi connectivity index (χ1n) is 4.17. The predicted molar refractivity (Wildman–Crippen MR) is 58.1 cm³/mol. The van der Waals surface area contributed by atoms with Crippen molar-refractivity contribution in [3.63, 3.8) is 0 Å². The molecule has 0 N–H and O–H groups in total. The molecule has 1 aromatic carbocycles. The lowest BCUT2D eigenvalue weighted by molar-refractivity contribution is 0.614. The van der Waals surface area contributed by atoms with E-state index in [1.165, 1.54) is 0 Å². The molecular weight excluding hydrogens is 254 g/mol. The summed E-state index contributed by atoms with van der Waals surface area (Å²) in [4.78, 5) is 0. The van der Waals surface area contributed by atoms with Crippen LogP contribution in [0.4, 0.5) is 4.39 Å². The first-order chi connectivity index (χ1) is 6.27. The molecule has 13 heavy (non-hydrogen) atoms. The van der Waals surface area contributed by atoms with Gasteiger partial charge in [0.05, 0.1) is 5.88 Å². The van der Waals surface area contributed by atoms with Gasteiger partial charge >= 0.3 is 0 Å². The van der Waals surface area contributed by atoms with Gasteiger partial charge in [-0.25, -0.2) is 4.39 Å². The van der Waals surface area contributed by atoms with E-state index < -0.39 is 0 Å². The van der Waals surface area contributed by atoms with Crippen LogP contribution in [0, 0.1) is 5.82 Å². The molecule has 72 valence electrons. The zero-order valence-electron chi connectivity index (χ0n) is 7.19. The number of benzene rings is 1. The Morgan fingerprint density at radius 2 is 2.15 bits per heavy atom. The fourth-order valence-electron chi connectivity index (χ4n) is 1.13. The van der Waals surface area contributed by atoms with E-state index in [-0.39, 0.29) is 11.7 Å². The Hall–Kier alpha value is -0.0800. The molecule has 3 heteroatoms. The molecular formula is C10H11BrClF. The number of rotatable bonds is 4. The summed E-state index contributed by atoms with van der Waals surface area (Å²) >= 11 is 8.88. The summed E-state index contributed by atoms with van der Waals surface area (Å²) in [5, 5.41) is 0.950. The van der Waals surface area contributed by atoms with E-state index in [0.29, 0.717) is 5.56 Å². The van der Waals surface area contributed by atoms with E-state index in [1.807, 2.05) is 6.07 Å². The third-order valence-corrected chi connectivity index (χ3v) is 2.71. The molecule has 0 nitrogen and oxygen atoms in total. The maximum Gasteiger partial charge on any atom is 0.127 e. The van der Waals surface area contributed by atoms with Gasteiger partial charge in [-0.2, -0.15) is 0 Å². The van der Waals surface area contributed by atoms with Gasteiger partial charge in [0, 0.05) is 10.9 Å². The maximum absolute atomic E-state index is 13.2. The first-order valence-corrected chi connectivity index (χ1v) is 5.82. The van der Waals surface area contributed by atoms with Gasteiger partial charge in [0.1, 0.15) is 5.82 Å². The van der Waals surface area contributed by atoms with Gasteiger partial charge in [-0.3, -0.25) is 0 Å². The molecule has 1 aromatic rings. The molecule has 0 saturated heterocycles. The van der Waals surface area contributed by atoms with Crippen LogP contribution in [0.25, 0.3) is 0 Å². The topological polar surface area (TPSA) is 0 Å².